The molecule has 0 unspecified atom stereocenters. The summed E-state index contributed by atoms with van der Waals surface area (Å²) in [5.41, 5.74) is -0.0767. The zero-order valence-electron chi connectivity index (χ0n) is 6.26. The van der Waals surface area contributed by atoms with Gasteiger partial charge in [0.05, 0.1) is 10.6 Å². The van der Waals surface area contributed by atoms with E-state index in [9.17, 15) is 18.5 Å². The fourth-order valence-electron chi connectivity index (χ4n) is 0.735. The van der Waals surface area contributed by atoms with Gasteiger partial charge in [-0.15, -0.1) is 0 Å². The van der Waals surface area contributed by atoms with Crippen LogP contribution in [0.15, 0.2) is 18.2 Å². The summed E-state index contributed by atoms with van der Waals surface area (Å²) in [7, 11) is -2.80. The summed E-state index contributed by atoms with van der Waals surface area (Å²) >= 11 is 0. The van der Waals surface area contributed by atoms with E-state index in [1.165, 1.54) is 6.07 Å². The molecule has 0 aliphatic carbocycles. The number of nitro groups is 1. The first-order valence-corrected chi connectivity index (χ1v) is 4.34. The molecule has 0 aliphatic heterocycles. The van der Waals surface area contributed by atoms with E-state index in [1.54, 1.807) is 0 Å². The first-order chi connectivity index (χ1) is 6.09. The summed E-state index contributed by atoms with van der Waals surface area (Å²) in [6.45, 7) is 0. The van der Waals surface area contributed by atoms with Gasteiger partial charge in [0.25, 0.3) is 5.69 Å². The van der Waals surface area contributed by atoms with Crippen LogP contribution in [0.25, 0.3) is 0 Å². The number of hydrogen-bond donors (Lipinski definition) is 2. The van der Waals surface area contributed by atoms with Crippen LogP contribution in [0.5, 0.6) is 0 Å². The molecule has 0 saturated carbocycles. The van der Waals surface area contributed by atoms with E-state index in [1.807, 2.05) is 4.72 Å². The van der Waals surface area contributed by atoms with Crippen LogP contribution in [-0.2, 0) is 10.9 Å². The molecule has 1 aromatic rings. The molecule has 1 N–H and O–H groups in total. The van der Waals surface area contributed by atoms with E-state index in [2.05, 4.69) is 6.07 Å². The second kappa shape index (κ2) is 3.85. The van der Waals surface area contributed by atoms with E-state index >= 15 is 0 Å². The second-order valence-electron chi connectivity index (χ2n) is 2.11. The van der Waals surface area contributed by atoms with Crippen molar-refractivity contribution in [1.82, 2.24) is 0 Å². The molecule has 7 heteroatoms. The molecule has 13 heavy (non-hydrogen) atoms. The molecular formula is C6H5N2O4S. The molecule has 0 fully saturated rings. The summed E-state index contributed by atoms with van der Waals surface area (Å²) in [6, 6.07) is 6.02. The molecule has 1 aromatic carbocycles. The third-order valence-electron chi connectivity index (χ3n) is 1.20. The largest absolute Gasteiger partial charge is 0.285 e. The van der Waals surface area contributed by atoms with Crippen LogP contribution >= 0.6 is 0 Å². The van der Waals surface area contributed by atoms with Gasteiger partial charge >= 0.3 is 0 Å². The SMILES string of the molecule is O=[N+]([O-])c1c[c]cc(N[SH](=O)=O)c1. The Hall–Kier alpha value is -1.63. The van der Waals surface area contributed by atoms with Crippen molar-refractivity contribution in [3.8, 4) is 0 Å². The minimum Gasteiger partial charge on any atom is -0.285 e. The van der Waals surface area contributed by atoms with E-state index in [0.717, 1.165) is 12.1 Å². The first-order valence-electron chi connectivity index (χ1n) is 3.16. The van der Waals surface area contributed by atoms with Gasteiger partial charge < -0.3 is 0 Å². The van der Waals surface area contributed by atoms with Crippen molar-refractivity contribution in [2.45, 2.75) is 0 Å². The first kappa shape index (κ1) is 9.46. The Morgan fingerprint density at radius 2 is 2.15 bits per heavy atom. The van der Waals surface area contributed by atoms with Crippen molar-refractivity contribution in [2.75, 3.05) is 4.72 Å². The highest BCUT2D eigenvalue weighted by atomic mass is 32.2. The van der Waals surface area contributed by atoms with E-state index in [-0.39, 0.29) is 11.4 Å². The molecule has 0 heterocycles. The third kappa shape index (κ3) is 2.71. The number of thiol groups is 1. The summed E-state index contributed by atoms with van der Waals surface area (Å²) < 4.78 is 22.4. The standard InChI is InChI=1S/C6H5N2O4S/c9-8(10)6-3-1-2-5(4-6)7-13(11)12/h2-4,13H,(H,7,11,12). The van der Waals surface area contributed by atoms with Gasteiger partial charge in [0.2, 0.25) is 10.9 Å². The average molecular weight is 201 g/mol. The van der Waals surface area contributed by atoms with Gasteiger partial charge in [0, 0.05) is 12.1 Å². The van der Waals surface area contributed by atoms with Crippen molar-refractivity contribution in [1.29, 1.82) is 0 Å². The fourth-order valence-corrected chi connectivity index (χ4v) is 1.07. The van der Waals surface area contributed by atoms with Crippen molar-refractivity contribution in [3.63, 3.8) is 0 Å². The number of hydrogen-bond acceptors (Lipinski definition) is 4. The minimum atomic E-state index is -2.80. The molecule has 0 spiro atoms. The molecule has 0 bridgehead atoms. The van der Waals surface area contributed by atoms with Crippen molar-refractivity contribution >= 4 is 22.3 Å². The highest BCUT2D eigenvalue weighted by Gasteiger charge is 2.05. The van der Waals surface area contributed by atoms with Crippen LogP contribution in [0.2, 0.25) is 0 Å². The maximum Gasteiger partial charge on any atom is 0.272 e. The van der Waals surface area contributed by atoms with Gasteiger partial charge in [-0.25, -0.2) is 8.42 Å². The second-order valence-corrected chi connectivity index (χ2v) is 2.84. The molecule has 0 saturated heterocycles. The monoisotopic (exact) mass is 201 g/mol. The molecule has 69 valence electrons. The zero-order chi connectivity index (χ0) is 9.84. The Balaban J connectivity index is 2.98. The van der Waals surface area contributed by atoms with Gasteiger partial charge in [0.15, 0.2) is 0 Å². The maximum absolute atomic E-state index is 10.2. The number of nitro benzene ring substituents is 1. The number of non-ortho nitro benzene ring substituents is 1. The molecular weight excluding hydrogens is 196 g/mol. The van der Waals surface area contributed by atoms with E-state index in [4.69, 9.17) is 0 Å². The lowest BCUT2D eigenvalue weighted by Crippen LogP contribution is -1.96. The predicted octanol–water partition coefficient (Wildman–Crippen LogP) is 0.333. The van der Waals surface area contributed by atoms with Crippen LogP contribution in [0.3, 0.4) is 0 Å². The lowest BCUT2D eigenvalue weighted by atomic mass is 10.3. The molecule has 6 nitrogen and oxygen atoms in total. The number of anilines is 1. The highest BCUT2D eigenvalue weighted by Crippen LogP contribution is 2.16. The third-order valence-corrected chi connectivity index (χ3v) is 1.65. The Morgan fingerprint density at radius 3 is 2.69 bits per heavy atom. The quantitative estimate of drug-likeness (QED) is 0.419. The number of benzene rings is 1. The summed E-state index contributed by atoms with van der Waals surface area (Å²) in [6.07, 6.45) is 0. The molecule has 0 atom stereocenters. The van der Waals surface area contributed by atoms with Gasteiger partial charge in [-0.3, -0.25) is 14.8 Å². The molecule has 0 aromatic heterocycles. The van der Waals surface area contributed by atoms with Gasteiger partial charge in [0.1, 0.15) is 0 Å². The number of rotatable bonds is 3. The van der Waals surface area contributed by atoms with Crippen LogP contribution in [0.4, 0.5) is 11.4 Å². The normalized spacial score (nSPS) is 9.92. The van der Waals surface area contributed by atoms with Crippen LogP contribution < -0.4 is 4.72 Å². The summed E-state index contributed by atoms with van der Waals surface area (Å²) in [5, 5.41) is 10.2. The Kier molecular flexibility index (Phi) is 2.80. The Morgan fingerprint density at radius 1 is 1.46 bits per heavy atom. The van der Waals surface area contributed by atoms with E-state index < -0.39 is 15.8 Å². The smallest absolute Gasteiger partial charge is 0.272 e. The predicted molar refractivity (Wildman–Crippen MR) is 45.9 cm³/mol. The summed E-state index contributed by atoms with van der Waals surface area (Å²) in [4.78, 5) is 9.62. The molecule has 0 aliphatic rings. The van der Waals surface area contributed by atoms with E-state index in [0.29, 0.717) is 0 Å². The minimum absolute atomic E-state index is 0.130. The topological polar surface area (TPSA) is 89.3 Å². The van der Waals surface area contributed by atoms with Crippen LogP contribution in [0.1, 0.15) is 0 Å². The van der Waals surface area contributed by atoms with Crippen molar-refractivity contribution in [3.05, 3.63) is 34.4 Å². The van der Waals surface area contributed by atoms with Gasteiger partial charge in [-0.05, 0) is 12.1 Å². The molecule has 1 rings (SSSR count). The lowest BCUT2D eigenvalue weighted by Gasteiger charge is -1.96. The van der Waals surface area contributed by atoms with Gasteiger partial charge in [-0.1, -0.05) is 0 Å². The lowest BCUT2D eigenvalue weighted by molar-refractivity contribution is -0.384. The summed E-state index contributed by atoms with van der Waals surface area (Å²) in [5.74, 6) is 0. The Bertz CT molecular complexity index is 393. The van der Waals surface area contributed by atoms with Crippen LogP contribution in [-0.4, -0.2) is 13.3 Å². The van der Waals surface area contributed by atoms with Crippen LogP contribution in [0, 0.1) is 16.2 Å². The number of nitrogens with one attached hydrogen (secondary N) is 1. The molecule has 0 amide bonds. The van der Waals surface area contributed by atoms with Crippen molar-refractivity contribution < 1.29 is 13.3 Å². The van der Waals surface area contributed by atoms with Gasteiger partial charge in [-0.2, -0.15) is 0 Å². The molecule has 1 radical (unpaired) electrons. The van der Waals surface area contributed by atoms with Crippen molar-refractivity contribution in [2.24, 2.45) is 0 Å². The Labute approximate surface area is 75.4 Å². The maximum atomic E-state index is 10.2. The highest BCUT2D eigenvalue weighted by molar-refractivity contribution is 7.73. The average Bonchev–Trinajstić information content (AvgIpc) is 2.03. The zero-order valence-corrected chi connectivity index (χ0v) is 7.15. The number of nitrogens with zero attached hydrogens (tertiary/aromatic N) is 1. The fraction of sp³-hybridized carbons (Fsp3) is 0.